The van der Waals surface area contributed by atoms with Crippen molar-refractivity contribution < 1.29 is 23.8 Å². The predicted octanol–water partition coefficient (Wildman–Crippen LogP) is 4.54. The maximum Gasteiger partial charge on any atom is 0.340 e. The van der Waals surface area contributed by atoms with Crippen molar-refractivity contribution in [2.45, 2.75) is 13.8 Å². The number of benzene rings is 2. The highest BCUT2D eigenvalue weighted by Crippen LogP contribution is 2.37. The number of carbonyl (C=O) groups is 2. The normalized spacial score (nSPS) is 15.1. The monoisotopic (exact) mass is 427 g/mol. The third-order valence-corrected chi connectivity index (χ3v) is 5.33. The molecule has 2 aromatic carbocycles. The first-order valence-corrected chi connectivity index (χ1v) is 9.54. The predicted molar refractivity (Wildman–Crippen MR) is 116 cm³/mol. The third-order valence-electron chi connectivity index (χ3n) is 4.92. The molecule has 1 aliphatic heterocycles. The van der Waals surface area contributed by atoms with Gasteiger partial charge < -0.3 is 14.2 Å². The minimum Gasteiger partial charge on any atom is -0.493 e. The fraction of sp³-hybridized carbons (Fsp3) is 0.217. The van der Waals surface area contributed by atoms with E-state index in [0.717, 1.165) is 5.56 Å². The summed E-state index contributed by atoms with van der Waals surface area (Å²) in [5.74, 6) is 0.143. The Kier molecular flexibility index (Phi) is 6.17. The van der Waals surface area contributed by atoms with Gasteiger partial charge in [-0.15, -0.1) is 0 Å². The number of amides is 1. The van der Waals surface area contributed by atoms with Crippen LogP contribution >= 0.6 is 11.6 Å². The summed E-state index contributed by atoms with van der Waals surface area (Å²) in [5, 5.41) is 0.532. The molecule has 0 unspecified atom stereocenters. The number of hydrogen-bond acceptors (Lipinski definition) is 5. The molecule has 3 rings (SSSR count). The van der Waals surface area contributed by atoms with Crippen LogP contribution in [-0.4, -0.2) is 33.2 Å². The fourth-order valence-corrected chi connectivity index (χ4v) is 3.50. The Bertz CT molecular complexity index is 1090. The molecule has 2 aromatic rings. The molecule has 0 radical (unpaired) electrons. The van der Waals surface area contributed by atoms with Gasteiger partial charge in [-0.05, 0) is 55.3 Å². The Balaban J connectivity index is 2.14. The number of nitrogens with zero attached hydrogens (tertiary/aromatic N) is 1. The fourth-order valence-electron chi connectivity index (χ4n) is 3.32. The summed E-state index contributed by atoms with van der Waals surface area (Å²) in [7, 11) is 4.36. The molecular formula is C23H22ClNO5. The minimum absolute atomic E-state index is 0.203. The molecule has 1 amide bonds. The maximum absolute atomic E-state index is 13.3. The average Bonchev–Trinajstić information content (AvgIpc) is 2.99. The second-order valence-electron chi connectivity index (χ2n) is 6.70. The van der Waals surface area contributed by atoms with Gasteiger partial charge in [-0.1, -0.05) is 23.7 Å². The lowest BCUT2D eigenvalue weighted by Gasteiger charge is -2.18. The first kappa shape index (κ1) is 21.5. The molecule has 1 aliphatic rings. The first-order chi connectivity index (χ1) is 14.3. The quantitative estimate of drug-likeness (QED) is 0.517. The molecule has 0 bridgehead atoms. The lowest BCUT2D eigenvalue weighted by Crippen LogP contribution is -2.24. The van der Waals surface area contributed by atoms with E-state index < -0.39 is 5.97 Å². The standard InChI is InChI=1S/C23H22ClNO5/c1-13-6-8-16(12-18(13)24)25-14(2)21(23(27)30-5)17(22(25)26)10-15-7-9-19(28-3)20(11-15)29-4/h6-12H,1-5H3/b17-10-. The number of esters is 1. The minimum atomic E-state index is -0.590. The van der Waals surface area contributed by atoms with E-state index in [1.54, 1.807) is 50.4 Å². The summed E-state index contributed by atoms with van der Waals surface area (Å²) in [6, 6.07) is 10.6. The Morgan fingerprint density at radius 1 is 1.00 bits per heavy atom. The summed E-state index contributed by atoms with van der Waals surface area (Å²) < 4.78 is 15.5. The number of halogens is 1. The van der Waals surface area contributed by atoms with Gasteiger partial charge >= 0.3 is 5.97 Å². The number of anilines is 1. The molecule has 6 nitrogen and oxygen atoms in total. The number of allylic oxidation sites excluding steroid dienone is 1. The lowest BCUT2D eigenvalue weighted by atomic mass is 10.0. The van der Waals surface area contributed by atoms with E-state index in [0.29, 0.717) is 33.5 Å². The largest absolute Gasteiger partial charge is 0.493 e. The van der Waals surface area contributed by atoms with Crippen molar-refractivity contribution in [2.75, 3.05) is 26.2 Å². The highest BCUT2D eigenvalue weighted by Gasteiger charge is 2.38. The smallest absolute Gasteiger partial charge is 0.340 e. The van der Waals surface area contributed by atoms with Crippen LogP contribution in [-0.2, 0) is 14.3 Å². The molecule has 0 saturated heterocycles. The number of carbonyl (C=O) groups excluding carboxylic acids is 2. The highest BCUT2D eigenvalue weighted by molar-refractivity contribution is 6.32. The Morgan fingerprint density at radius 2 is 1.70 bits per heavy atom. The van der Waals surface area contributed by atoms with Gasteiger partial charge in [0, 0.05) is 10.7 Å². The number of hydrogen-bond donors (Lipinski definition) is 0. The van der Waals surface area contributed by atoms with Crippen LogP contribution in [0.1, 0.15) is 18.1 Å². The topological polar surface area (TPSA) is 65.1 Å². The zero-order valence-corrected chi connectivity index (χ0v) is 18.2. The van der Waals surface area contributed by atoms with E-state index in [2.05, 4.69) is 0 Å². The molecular weight excluding hydrogens is 406 g/mol. The van der Waals surface area contributed by atoms with Gasteiger partial charge in [-0.2, -0.15) is 0 Å². The molecule has 30 heavy (non-hydrogen) atoms. The zero-order valence-electron chi connectivity index (χ0n) is 17.4. The third kappa shape index (κ3) is 3.78. The van der Waals surface area contributed by atoms with Crippen LogP contribution in [0.3, 0.4) is 0 Å². The van der Waals surface area contributed by atoms with Crippen LogP contribution in [0.15, 0.2) is 53.2 Å². The van der Waals surface area contributed by atoms with Crippen molar-refractivity contribution in [2.24, 2.45) is 0 Å². The van der Waals surface area contributed by atoms with Crippen molar-refractivity contribution in [3.8, 4) is 11.5 Å². The molecule has 156 valence electrons. The van der Waals surface area contributed by atoms with Crippen LogP contribution in [0.4, 0.5) is 5.69 Å². The van der Waals surface area contributed by atoms with Crippen molar-refractivity contribution in [1.82, 2.24) is 0 Å². The number of rotatable bonds is 5. The van der Waals surface area contributed by atoms with Crippen molar-refractivity contribution in [3.05, 3.63) is 69.4 Å². The van der Waals surface area contributed by atoms with Gasteiger partial charge in [0.25, 0.3) is 5.91 Å². The van der Waals surface area contributed by atoms with E-state index in [1.807, 2.05) is 13.0 Å². The summed E-state index contributed by atoms with van der Waals surface area (Å²) in [6.07, 6.45) is 1.63. The Labute approximate surface area is 180 Å². The van der Waals surface area contributed by atoms with Gasteiger partial charge in [0.1, 0.15) is 0 Å². The molecule has 0 spiro atoms. The van der Waals surface area contributed by atoms with E-state index in [1.165, 1.54) is 19.1 Å². The van der Waals surface area contributed by atoms with Gasteiger partial charge in [-0.25, -0.2) is 4.79 Å². The summed E-state index contributed by atoms with van der Waals surface area (Å²) >= 11 is 6.26. The first-order valence-electron chi connectivity index (χ1n) is 9.16. The molecule has 0 N–H and O–H groups in total. The molecule has 1 heterocycles. The molecule has 0 aromatic heterocycles. The van der Waals surface area contributed by atoms with E-state index >= 15 is 0 Å². The maximum atomic E-state index is 13.3. The lowest BCUT2D eigenvalue weighted by molar-refractivity contribution is -0.136. The van der Waals surface area contributed by atoms with Crippen LogP contribution in [0.25, 0.3) is 6.08 Å². The second-order valence-corrected chi connectivity index (χ2v) is 7.11. The average molecular weight is 428 g/mol. The van der Waals surface area contributed by atoms with Crippen molar-refractivity contribution >= 4 is 35.2 Å². The molecule has 0 aliphatic carbocycles. The molecule has 0 fully saturated rings. The van der Waals surface area contributed by atoms with Gasteiger partial charge in [0.15, 0.2) is 11.5 Å². The van der Waals surface area contributed by atoms with Crippen LogP contribution in [0, 0.1) is 6.92 Å². The number of methoxy groups -OCH3 is 3. The van der Waals surface area contributed by atoms with Gasteiger partial charge in [0.2, 0.25) is 0 Å². The van der Waals surface area contributed by atoms with Crippen molar-refractivity contribution in [3.63, 3.8) is 0 Å². The Morgan fingerprint density at radius 3 is 2.30 bits per heavy atom. The SMILES string of the molecule is COC(=O)C1=C(C)N(c2ccc(C)c(Cl)c2)C(=O)/C1=C\c1ccc(OC)c(OC)c1. The highest BCUT2D eigenvalue weighted by atomic mass is 35.5. The number of aryl methyl sites for hydroxylation is 1. The van der Waals surface area contributed by atoms with Crippen LogP contribution < -0.4 is 14.4 Å². The molecule has 0 atom stereocenters. The molecule has 0 saturated carbocycles. The second kappa shape index (κ2) is 8.63. The zero-order chi connectivity index (χ0) is 22.0. The summed E-state index contributed by atoms with van der Waals surface area (Å²) in [5.41, 5.74) is 3.04. The van der Waals surface area contributed by atoms with Crippen LogP contribution in [0.2, 0.25) is 5.02 Å². The molecule has 7 heteroatoms. The van der Waals surface area contributed by atoms with Crippen molar-refractivity contribution in [1.29, 1.82) is 0 Å². The summed E-state index contributed by atoms with van der Waals surface area (Å²) in [4.78, 5) is 27.3. The summed E-state index contributed by atoms with van der Waals surface area (Å²) in [6.45, 7) is 3.58. The van der Waals surface area contributed by atoms with Gasteiger partial charge in [-0.3, -0.25) is 9.69 Å². The van der Waals surface area contributed by atoms with E-state index in [4.69, 9.17) is 25.8 Å². The van der Waals surface area contributed by atoms with Gasteiger partial charge in [0.05, 0.1) is 38.2 Å². The Hall–Kier alpha value is -3.25. The van der Waals surface area contributed by atoms with Crippen LogP contribution in [0.5, 0.6) is 11.5 Å². The van der Waals surface area contributed by atoms with E-state index in [9.17, 15) is 9.59 Å². The number of ether oxygens (including phenoxy) is 3. The van der Waals surface area contributed by atoms with E-state index in [-0.39, 0.29) is 17.1 Å².